The van der Waals surface area contributed by atoms with Gasteiger partial charge in [-0.05, 0) is 191 Å². The standard InChI is InChI=1S/C15H20N2O2.C14H18N2O2.C9H16N2O2.C9H15NO3.C8H14N2O2.C7H12N2O2.C7H11NO2S/c1-11-13(18)17(15(2,3)4)14(19)16(11)10-12-8-6-5-7-9-12;1-14(2,3)16-12(17)10-15(13(16)18)9-11-7-5-4-6-8-11;1-8(2,3)11-6(12)9(4,5)10-7(11)13;1-8(2,3)10-6(11)9(4,5)13-7(10)12;1-8(2,3)10-6(11)5-9(4)7(10)12;1-7(2,3)9-5(10)4-8-6(9)11;1-7(2,3)8-5(9)4-11-6(8)10/h5-9,11H,10H2,1-4H3;4-8H,9-10H2,1-3H3;1-5H3,(H,10,13);1-5H3;5H2,1-4H3;4H2,1-3H3,(H,8,11);4H2,1-3H3. The highest BCUT2D eigenvalue weighted by Crippen LogP contribution is 2.32. The van der Waals surface area contributed by atoms with Crippen LogP contribution in [0.25, 0.3) is 0 Å². The molecule has 0 aromatic heterocycles. The smallest absolute Gasteiger partial charge is 0.418 e. The first-order valence-corrected chi connectivity index (χ1v) is 33.0. The van der Waals surface area contributed by atoms with Crippen LogP contribution in [0.2, 0.25) is 0 Å². The SMILES string of the molecule is CC(C)(C)N1C(=O)CN(Cc2ccccc2)C1=O.CC(C)(C)N1C(=O)CNC1=O.CC(C)(C)N1C(=O)CSC1=O.CC1(C)NC(=O)N(C(C)(C)C)C1=O.CC1(C)OC(=O)N(C(C)(C)C)C1=O.CC1C(=O)N(C(C)(C)C)C(=O)N1Cc1ccccc1.CN1CC(=O)N(C(C)(C)C)C1=O. The van der Waals surface area contributed by atoms with E-state index < -0.39 is 56.5 Å². The predicted octanol–water partition coefficient (Wildman–Crippen LogP) is 10.0. The highest BCUT2D eigenvalue weighted by atomic mass is 32.2. The van der Waals surface area contributed by atoms with Gasteiger partial charge in [0.05, 0.1) is 12.3 Å². The Morgan fingerprint density at radius 1 is 0.454 bits per heavy atom. The molecule has 2 N–H and O–H groups in total. The van der Waals surface area contributed by atoms with Crippen molar-refractivity contribution in [2.75, 3.05) is 32.4 Å². The van der Waals surface area contributed by atoms with Crippen LogP contribution in [0.5, 0.6) is 0 Å². The highest BCUT2D eigenvalue weighted by Gasteiger charge is 2.52. The third kappa shape index (κ3) is 21.3. The summed E-state index contributed by atoms with van der Waals surface area (Å²) in [4.78, 5) is 176. The van der Waals surface area contributed by atoms with Crippen molar-refractivity contribution < 1.29 is 71.9 Å². The number of hydrogen-bond acceptors (Lipinski definition) is 16. The monoisotopic (exact) mass is 1370 g/mol. The van der Waals surface area contributed by atoms with Gasteiger partial charge in [0.1, 0.15) is 24.7 Å². The van der Waals surface area contributed by atoms with Gasteiger partial charge >= 0.3 is 36.2 Å². The van der Waals surface area contributed by atoms with Gasteiger partial charge in [-0.1, -0.05) is 72.4 Å². The first-order valence-electron chi connectivity index (χ1n) is 32.0. The van der Waals surface area contributed by atoms with E-state index in [1.807, 2.05) is 185 Å². The number of ether oxygens (including phenoxy) is 1. The number of carbonyl (C=O) groups excluding carboxylic acids is 14. The zero-order valence-corrected chi connectivity index (χ0v) is 62.9. The summed E-state index contributed by atoms with van der Waals surface area (Å²) < 4.78 is 4.94. The summed E-state index contributed by atoms with van der Waals surface area (Å²) >= 11 is 1.08. The second-order valence-corrected chi connectivity index (χ2v) is 33.0. The van der Waals surface area contributed by atoms with E-state index in [-0.39, 0.29) is 102 Å². The summed E-state index contributed by atoms with van der Waals surface area (Å²) in [6.07, 6.45) is -0.553. The summed E-state index contributed by atoms with van der Waals surface area (Å²) in [5.41, 5.74) is -2.77. The van der Waals surface area contributed by atoms with E-state index in [0.717, 1.165) is 27.8 Å². The van der Waals surface area contributed by atoms with Crippen molar-refractivity contribution >= 4 is 94.6 Å². The van der Waals surface area contributed by atoms with Gasteiger partial charge in [0.15, 0.2) is 5.60 Å². The average Bonchev–Trinajstić information content (AvgIpc) is 1.65. The third-order valence-corrected chi connectivity index (χ3v) is 15.8. The van der Waals surface area contributed by atoms with Crippen molar-refractivity contribution in [3.63, 3.8) is 0 Å². The molecule has 2 aromatic rings. The molecule has 1 unspecified atom stereocenters. The van der Waals surface area contributed by atoms with Gasteiger partial charge in [0.2, 0.25) is 5.91 Å². The van der Waals surface area contributed by atoms with Gasteiger partial charge in [-0.3, -0.25) is 67.8 Å². The Hall–Kier alpha value is -8.43. The first kappa shape index (κ1) is 82.8. The van der Waals surface area contributed by atoms with Gasteiger partial charge in [-0.2, -0.15) is 0 Å². The van der Waals surface area contributed by atoms with Crippen LogP contribution in [0.15, 0.2) is 60.7 Å². The minimum atomic E-state index is -1.01. The number of urea groups is 5. The van der Waals surface area contributed by atoms with Crippen molar-refractivity contribution in [3.05, 3.63) is 71.8 Å². The van der Waals surface area contributed by atoms with Crippen molar-refractivity contribution in [3.8, 4) is 0 Å². The molecule has 7 aliphatic heterocycles. The molecule has 97 heavy (non-hydrogen) atoms. The van der Waals surface area contributed by atoms with Gasteiger partial charge in [-0.15, -0.1) is 0 Å². The summed E-state index contributed by atoms with van der Waals surface area (Å²) in [6.45, 7) is 48.6. The van der Waals surface area contributed by atoms with Crippen LogP contribution in [0.3, 0.4) is 0 Å². The minimum Gasteiger partial charge on any atom is -0.433 e. The maximum Gasteiger partial charge on any atom is 0.418 e. The van der Waals surface area contributed by atoms with Crippen LogP contribution in [0.4, 0.5) is 33.6 Å². The number of nitrogens with zero attached hydrogens (tertiary/aromatic N) is 10. The number of rotatable bonds is 4. The van der Waals surface area contributed by atoms with Gasteiger partial charge < -0.3 is 30.1 Å². The first-order chi connectivity index (χ1) is 43.7. The highest BCUT2D eigenvalue weighted by molar-refractivity contribution is 8.14. The molecule has 1 atom stereocenters. The number of cyclic esters (lactones) is 1. The molecule has 9 rings (SSSR count). The fourth-order valence-electron chi connectivity index (χ4n) is 10.4. The zero-order chi connectivity index (χ0) is 75.2. The molecule has 2 aromatic carbocycles. The lowest BCUT2D eigenvalue weighted by Gasteiger charge is -2.29. The lowest BCUT2D eigenvalue weighted by Crippen LogP contribution is -2.47. The Balaban J connectivity index is 0.000000298. The number of imide groups is 7. The fraction of sp³-hybridized carbons (Fsp3) is 0.623. The molecule has 538 valence electrons. The fourth-order valence-corrected chi connectivity index (χ4v) is 11.3. The predicted molar refractivity (Wildman–Crippen MR) is 368 cm³/mol. The number of nitrogens with one attached hydrogen (secondary N) is 2. The van der Waals surface area contributed by atoms with Crippen LogP contribution < -0.4 is 10.6 Å². The minimum absolute atomic E-state index is 0.0764. The Morgan fingerprint density at radius 3 is 1.12 bits per heavy atom. The van der Waals surface area contributed by atoms with Crippen LogP contribution >= 0.6 is 11.8 Å². The number of thioether (sulfide) groups is 1. The molecule has 0 saturated carbocycles. The quantitative estimate of drug-likeness (QED) is 0.269. The molecular formula is C69H106N12O15S. The second-order valence-electron chi connectivity index (χ2n) is 32.0. The van der Waals surface area contributed by atoms with E-state index in [4.69, 9.17) is 4.74 Å². The van der Waals surface area contributed by atoms with Crippen LogP contribution in [-0.2, 0) is 51.4 Å². The molecule has 0 spiro atoms. The number of likely N-dealkylation sites (N-methyl/N-ethyl adjacent to an activating group) is 1. The van der Waals surface area contributed by atoms with E-state index in [9.17, 15) is 67.1 Å². The molecule has 19 amide bonds. The number of carbonyl (C=O) groups is 14. The zero-order valence-electron chi connectivity index (χ0n) is 62.1. The topological polar surface area (TPSA) is 305 Å². The molecule has 0 bridgehead atoms. The van der Waals surface area contributed by atoms with Crippen molar-refractivity contribution in [2.24, 2.45) is 0 Å². The average molecular weight is 1380 g/mol. The Kier molecular flexibility index (Phi) is 26.1. The van der Waals surface area contributed by atoms with E-state index >= 15 is 0 Å². The Bertz CT molecular complexity index is 3190. The normalized spacial score (nSPS) is 19.8. The lowest BCUT2D eigenvalue weighted by molar-refractivity contribution is -0.137. The third-order valence-electron chi connectivity index (χ3n) is 15.0. The summed E-state index contributed by atoms with van der Waals surface area (Å²) in [6, 6.07) is 17.8. The van der Waals surface area contributed by atoms with Crippen LogP contribution in [-0.4, -0.2) is 220 Å². The van der Waals surface area contributed by atoms with Crippen LogP contribution in [0, 0.1) is 0 Å². The summed E-state index contributed by atoms with van der Waals surface area (Å²) in [5, 5.41) is 4.98. The van der Waals surface area contributed by atoms with Crippen molar-refractivity contribution in [1.82, 2.24) is 59.6 Å². The summed E-state index contributed by atoms with van der Waals surface area (Å²) in [7, 11) is 1.63. The van der Waals surface area contributed by atoms with Gasteiger partial charge in [0.25, 0.3) is 40.7 Å². The molecule has 7 heterocycles. The van der Waals surface area contributed by atoms with E-state index in [1.165, 1.54) is 34.3 Å². The molecule has 0 aliphatic carbocycles. The number of amides is 19. The van der Waals surface area contributed by atoms with Crippen molar-refractivity contribution in [1.29, 1.82) is 0 Å². The van der Waals surface area contributed by atoms with E-state index in [2.05, 4.69) is 10.6 Å². The molecular weight excluding hydrogens is 1270 g/mol. The Morgan fingerprint density at radius 2 is 0.866 bits per heavy atom. The molecule has 27 nitrogen and oxygen atoms in total. The molecule has 0 radical (unpaired) electrons. The second kappa shape index (κ2) is 30.5. The molecule has 7 aliphatic rings. The maximum absolute atomic E-state index is 12.4. The molecule has 7 saturated heterocycles. The van der Waals surface area contributed by atoms with Gasteiger partial charge in [0, 0.05) is 58.9 Å². The van der Waals surface area contributed by atoms with Crippen molar-refractivity contribution in [2.45, 2.75) is 249 Å². The van der Waals surface area contributed by atoms with E-state index in [1.54, 1.807) is 72.2 Å². The molecule has 7 fully saturated rings. The number of hydrogen-bond donors (Lipinski definition) is 2. The summed E-state index contributed by atoms with van der Waals surface area (Å²) in [5.74, 6) is -0.715. The molecule has 28 heteroatoms. The lowest BCUT2D eigenvalue weighted by atomic mass is 10.0. The number of benzene rings is 2. The maximum atomic E-state index is 12.4. The van der Waals surface area contributed by atoms with E-state index in [0.29, 0.717) is 18.8 Å². The Labute approximate surface area is 576 Å². The van der Waals surface area contributed by atoms with Crippen LogP contribution in [0.1, 0.15) is 191 Å². The van der Waals surface area contributed by atoms with Gasteiger partial charge in [-0.25, -0.2) is 33.7 Å². The largest absolute Gasteiger partial charge is 0.433 e.